The van der Waals surface area contributed by atoms with Crippen molar-refractivity contribution in [1.82, 2.24) is 0 Å². The van der Waals surface area contributed by atoms with Crippen LogP contribution in [-0.4, -0.2) is 112 Å². The summed E-state index contributed by atoms with van der Waals surface area (Å²) in [6, 6.07) is 0. The van der Waals surface area contributed by atoms with Gasteiger partial charge in [0.25, 0.3) is 0 Å². The van der Waals surface area contributed by atoms with Crippen molar-refractivity contribution in [1.29, 1.82) is 0 Å². The molecule has 1 aromatic heterocycles. The summed E-state index contributed by atoms with van der Waals surface area (Å²) in [6.07, 6.45) is 0. The molecule has 22 N–H and O–H groups in total. The van der Waals surface area contributed by atoms with E-state index in [1.165, 1.54) is 0 Å². The van der Waals surface area contributed by atoms with Crippen molar-refractivity contribution in [2.45, 2.75) is 0 Å². The Balaban J connectivity index is 1.79. The number of hydrogen-bond donors (Lipinski definition) is 22. The molecule has 0 saturated heterocycles. The third-order valence-corrected chi connectivity index (χ3v) is 10.0. The van der Waals surface area contributed by atoms with Crippen LogP contribution in [0, 0.1) is 0 Å². The Hall–Kier alpha value is -9.28. The third-order valence-electron chi connectivity index (χ3n) is 10.0. The van der Waals surface area contributed by atoms with Crippen LogP contribution in [0.1, 0.15) is 0 Å². The lowest BCUT2D eigenvalue weighted by Crippen LogP contribution is -1.97. The molecule has 23 heteroatoms. The lowest BCUT2D eigenvalue weighted by molar-refractivity contribution is 0.347. The largest absolute Gasteiger partial charge is 0.506 e. The molecule has 0 radical (unpaired) electrons. The number of benzene rings is 7. The van der Waals surface area contributed by atoms with E-state index in [1.807, 2.05) is 0 Å². The highest BCUT2D eigenvalue weighted by molar-refractivity contribution is 6.33. The van der Waals surface area contributed by atoms with E-state index in [4.69, 9.17) is 4.42 Å². The minimum absolute atomic E-state index is 0.929. The Morgan fingerprint density at radius 2 is 0.373 bits per heavy atom. The van der Waals surface area contributed by atoms with E-state index in [0.29, 0.717) is 0 Å². The van der Waals surface area contributed by atoms with Crippen LogP contribution in [0.5, 0.6) is 126 Å². The van der Waals surface area contributed by atoms with E-state index in [9.17, 15) is 112 Å². The van der Waals surface area contributed by atoms with Crippen LogP contribution in [0.15, 0.2) is 4.42 Å². The Labute approximate surface area is 319 Å². The lowest BCUT2D eigenvalue weighted by atomic mass is 9.81. The van der Waals surface area contributed by atoms with Gasteiger partial charge in [-0.05, 0) is 0 Å². The van der Waals surface area contributed by atoms with Crippen molar-refractivity contribution >= 4 is 54.3 Å². The van der Waals surface area contributed by atoms with Crippen LogP contribution in [0.2, 0.25) is 0 Å². The molecule has 0 bridgehead atoms. The molecule has 8 aromatic rings. The molecular formula is C36H22O23. The number of fused-ring (bicyclic) bond motifs is 6. The summed E-state index contributed by atoms with van der Waals surface area (Å²) in [7, 11) is 0. The summed E-state index contributed by atoms with van der Waals surface area (Å²) >= 11 is 0. The smallest absolute Gasteiger partial charge is 0.208 e. The molecule has 0 amide bonds. The van der Waals surface area contributed by atoms with Crippen LogP contribution in [-0.2, 0) is 0 Å². The van der Waals surface area contributed by atoms with Gasteiger partial charge in [0, 0.05) is 43.6 Å². The molecule has 0 aliphatic carbocycles. The summed E-state index contributed by atoms with van der Waals surface area (Å²) in [5, 5.41) is 232. The van der Waals surface area contributed by atoms with E-state index >= 15 is 0 Å². The lowest BCUT2D eigenvalue weighted by Gasteiger charge is -2.25. The first-order valence-corrected chi connectivity index (χ1v) is 15.8. The minimum atomic E-state index is -1.68. The van der Waals surface area contributed by atoms with Gasteiger partial charge in [-0.15, -0.1) is 0 Å². The molecule has 23 nitrogen and oxygen atoms in total. The first kappa shape index (κ1) is 36.7. The van der Waals surface area contributed by atoms with Gasteiger partial charge in [-0.25, -0.2) is 0 Å². The van der Waals surface area contributed by atoms with E-state index in [2.05, 4.69) is 0 Å². The fraction of sp³-hybridized carbons (Fsp3) is 0. The number of rotatable bonds is 2. The van der Waals surface area contributed by atoms with Gasteiger partial charge in [0.2, 0.25) is 63.2 Å². The number of phenolic OH excluding ortho intramolecular Hbond substituents is 22. The normalized spacial score (nSPS) is 11.9. The summed E-state index contributed by atoms with van der Waals surface area (Å²) in [5.74, 6) is -34.6. The van der Waals surface area contributed by atoms with Gasteiger partial charge in [0.15, 0.2) is 68.7 Å². The molecule has 7 aromatic carbocycles. The molecule has 8 rings (SSSR count). The maximum Gasteiger partial charge on any atom is 0.208 e. The second-order valence-electron chi connectivity index (χ2n) is 12.9. The number of aromatic hydroxyl groups is 22. The molecule has 0 aliphatic rings. The Bertz CT molecular complexity index is 3260. The van der Waals surface area contributed by atoms with Gasteiger partial charge in [-0.1, -0.05) is 0 Å². The van der Waals surface area contributed by atoms with Gasteiger partial charge >= 0.3 is 0 Å². The van der Waals surface area contributed by atoms with E-state index in [-0.39, 0.29) is 0 Å². The van der Waals surface area contributed by atoms with Gasteiger partial charge in [-0.2, -0.15) is 0 Å². The monoisotopic (exact) mass is 822 g/mol. The zero-order chi connectivity index (χ0) is 43.5. The van der Waals surface area contributed by atoms with Crippen molar-refractivity contribution in [2.75, 3.05) is 0 Å². The topological polar surface area (TPSA) is 458 Å². The van der Waals surface area contributed by atoms with Gasteiger partial charge in [0.1, 0.15) is 5.75 Å². The van der Waals surface area contributed by atoms with Gasteiger partial charge in [-0.3, -0.25) is 0 Å². The second-order valence-corrected chi connectivity index (χ2v) is 12.9. The Kier molecular flexibility index (Phi) is 6.94. The molecule has 0 atom stereocenters. The van der Waals surface area contributed by atoms with Gasteiger partial charge < -0.3 is 117 Å². The van der Waals surface area contributed by atoms with Crippen molar-refractivity contribution < 1.29 is 117 Å². The molecule has 0 spiro atoms. The predicted octanol–water partition coefficient (Wildman–Crippen LogP) is 3.90. The Morgan fingerprint density at radius 1 is 0.153 bits per heavy atom. The second kappa shape index (κ2) is 11.2. The third kappa shape index (κ3) is 4.02. The van der Waals surface area contributed by atoms with E-state index < -0.39 is 203 Å². The summed E-state index contributed by atoms with van der Waals surface area (Å²) in [5.41, 5.74) is -7.26. The van der Waals surface area contributed by atoms with Crippen molar-refractivity contribution in [2.24, 2.45) is 0 Å². The van der Waals surface area contributed by atoms with Crippen LogP contribution in [0.4, 0.5) is 0 Å². The fourth-order valence-electron chi connectivity index (χ4n) is 7.37. The zero-order valence-electron chi connectivity index (χ0n) is 28.2. The van der Waals surface area contributed by atoms with E-state index in [0.717, 1.165) is 0 Å². The van der Waals surface area contributed by atoms with Crippen LogP contribution < -0.4 is 0 Å². The van der Waals surface area contributed by atoms with Crippen molar-refractivity contribution in [3.63, 3.8) is 0 Å². The number of hydrogen-bond acceptors (Lipinski definition) is 23. The predicted molar refractivity (Wildman–Crippen MR) is 194 cm³/mol. The molecule has 1 heterocycles. The zero-order valence-corrected chi connectivity index (χ0v) is 28.2. The quantitative estimate of drug-likeness (QED) is 0.0667. The minimum Gasteiger partial charge on any atom is -0.506 e. The van der Waals surface area contributed by atoms with Gasteiger partial charge in [0.05, 0.1) is 21.7 Å². The highest BCUT2D eigenvalue weighted by Gasteiger charge is 2.39. The standard InChI is InChI=1S/C36H22O23/c37-13-9(22(46)33(57)35-11(13)12-23(47)31(55)32(56)34(58)36(12)59-35)2-6-3(15(39)25(49)27(51)17(6)41)1(4-7(2)18(42)28(52)26(50)16(4)40)5-8-10(20(44)24(48)14(5)38)21(45)30(54)29(53)19(8)43/h37-58H. The summed E-state index contributed by atoms with van der Waals surface area (Å²) in [4.78, 5) is 0. The molecule has 304 valence electrons. The first-order valence-electron chi connectivity index (χ1n) is 15.8. The Morgan fingerprint density at radius 3 is 0.746 bits per heavy atom. The van der Waals surface area contributed by atoms with E-state index in [1.54, 1.807) is 0 Å². The average molecular weight is 823 g/mol. The number of furan rings is 1. The maximum absolute atomic E-state index is 11.9. The summed E-state index contributed by atoms with van der Waals surface area (Å²) in [6.45, 7) is 0. The molecule has 0 aliphatic heterocycles. The molecule has 0 fully saturated rings. The molecular weight excluding hydrogens is 800 g/mol. The first-order chi connectivity index (χ1) is 27.5. The highest BCUT2D eigenvalue weighted by Crippen LogP contribution is 2.68. The maximum atomic E-state index is 11.9. The molecule has 0 unspecified atom stereocenters. The van der Waals surface area contributed by atoms with Crippen LogP contribution in [0.3, 0.4) is 0 Å². The average Bonchev–Trinajstić information content (AvgIpc) is 3.62. The summed E-state index contributed by atoms with van der Waals surface area (Å²) < 4.78 is 5.27. The van der Waals surface area contributed by atoms with Crippen molar-refractivity contribution in [3.8, 4) is 149 Å². The highest BCUT2D eigenvalue weighted by atomic mass is 16.4. The SMILES string of the molecule is Oc1c(O)c(O)c2c(oc3c(O)c(O)c(-c4c5c(O)c(O)c(O)c(O)c5c(-c5c(O)c(O)c(O)c6c(O)c(O)c(O)c(O)c56)c5c(O)c(O)c(O)c(O)c45)c(O)c32)c1O. The molecule has 0 saturated carbocycles. The molecule has 59 heavy (non-hydrogen) atoms. The van der Waals surface area contributed by atoms with Crippen LogP contribution >= 0.6 is 0 Å². The van der Waals surface area contributed by atoms with Crippen molar-refractivity contribution in [3.05, 3.63) is 0 Å². The fourth-order valence-corrected chi connectivity index (χ4v) is 7.37. The van der Waals surface area contributed by atoms with Crippen LogP contribution in [0.25, 0.3) is 76.5 Å². The number of phenols is 22.